The van der Waals surface area contributed by atoms with Crippen LogP contribution in [0.5, 0.6) is 0 Å². The quantitative estimate of drug-likeness (QED) is 0.824. The summed E-state index contributed by atoms with van der Waals surface area (Å²) >= 11 is 0. The van der Waals surface area contributed by atoms with Gasteiger partial charge in [0, 0.05) is 26.2 Å². The van der Waals surface area contributed by atoms with Gasteiger partial charge in [-0.15, -0.1) is 0 Å². The third kappa shape index (κ3) is 3.53. The molecule has 3 fully saturated rings. The molecule has 0 aromatic rings. The Balaban J connectivity index is 1.30. The molecule has 0 bridgehead atoms. The van der Waals surface area contributed by atoms with Crippen LogP contribution in [0.4, 0.5) is 0 Å². The van der Waals surface area contributed by atoms with Gasteiger partial charge in [0.25, 0.3) is 0 Å². The number of piperidine rings is 1. The van der Waals surface area contributed by atoms with Crippen LogP contribution in [0.25, 0.3) is 0 Å². The first kappa shape index (κ1) is 14.3. The fourth-order valence-corrected chi connectivity index (χ4v) is 3.77. The summed E-state index contributed by atoms with van der Waals surface area (Å²) in [5.41, 5.74) is 0. The van der Waals surface area contributed by atoms with Crippen molar-refractivity contribution < 1.29 is 4.79 Å². The van der Waals surface area contributed by atoms with Crippen LogP contribution in [-0.2, 0) is 4.79 Å². The van der Waals surface area contributed by atoms with Crippen molar-refractivity contribution in [1.82, 2.24) is 15.1 Å². The highest BCUT2D eigenvalue weighted by molar-refractivity contribution is 5.80. The molecule has 20 heavy (non-hydrogen) atoms. The molecule has 1 amide bonds. The van der Waals surface area contributed by atoms with E-state index >= 15 is 0 Å². The molecule has 1 N–H and O–H groups in total. The van der Waals surface area contributed by atoms with Gasteiger partial charge in [-0.25, -0.2) is 0 Å². The summed E-state index contributed by atoms with van der Waals surface area (Å²) in [6.07, 6.45) is 7.97. The number of nitrogens with one attached hydrogen (secondary N) is 1. The largest absolute Gasteiger partial charge is 0.342 e. The van der Waals surface area contributed by atoms with Gasteiger partial charge in [0.1, 0.15) is 0 Å². The van der Waals surface area contributed by atoms with Crippen molar-refractivity contribution in [1.29, 1.82) is 0 Å². The van der Waals surface area contributed by atoms with E-state index in [4.69, 9.17) is 0 Å². The first-order valence-corrected chi connectivity index (χ1v) is 8.55. The third-order valence-electron chi connectivity index (χ3n) is 5.34. The Morgan fingerprint density at radius 3 is 2.35 bits per heavy atom. The van der Waals surface area contributed by atoms with E-state index in [1.54, 1.807) is 0 Å². The van der Waals surface area contributed by atoms with Crippen molar-refractivity contribution in [2.75, 3.05) is 45.8 Å². The second-order valence-corrected chi connectivity index (χ2v) is 6.81. The van der Waals surface area contributed by atoms with E-state index in [2.05, 4.69) is 15.1 Å². The molecule has 0 saturated carbocycles. The average molecular weight is 279 g/mol. The van der Waals surface area contributed by atoms with Gasteiger partial charge in [-0.1, -0.05) is 0 Å². The number of nitrogens with zero attached hydrogens (tertiary/aromatic N) is 2. The highest BCUT2D eigenvalue weighted by Gasteiger charge is 2.31. The van der Waals surface area contributed by atoms with Gasteiger partial charge in [0.2, 0.25) is 5.91 Å². The maximum atomic E-state index is 12.2. The Labute approximate surface area is 122 Å². The zero-order valence-corrected chi connectivity index (χ0v) is 12.6. The number of hydrogen-bond donors (Lipinski definition) is 1. The zero-order valence-electron chi connectivity index (χ0n) is 12.6. The van der Waals surface area contributed by atoms with Crippen molar-refractivity contribution in [3.63, 3.8) is 0 Å². The molecule has 0 aliphatic carbocycles. The number of carbonyl (C=O) groups is 1. The standard InChI is InChI=1S/C16H29N3O/c20-16(15-12-17-13-15)19-10-5-14(6-11-19)4-3-9-18-7-1-2-8-18/h14-15,17H,1-13H2. The number of rotatable bonds is 5. The highest BCUT2D eigenvalue weighted by atomic mass is 16.2. The van der Waals surface area contributed by atoms with Crippen LogP contribution in [0, 0.1) is 11.8 Å². The second-order valence-electron chi connectivity index (χ2n) is 6.81. The molecule has 0 aromatic carbocycles. The SMILES string of the molecule is O=C(C1CNC1)N1CCC(CCCN2CCCC2)CC1. The van der Waals surface area contributed by atoms with E-state index in [1.807, 2.05) is 0 Å². The lowest BCUT2D eigenvalue weighted by atomic mass is 9.91. The number of likely N-dealkylation sites (tertiary alicyclic amines) is 2. The average Bonchev–Trinajstić information content (AvgIpc) is 2.91. The van der Waals surface area contributed by atoms with E-state index in [0.717, 1.165) is 32.1 Å². The second kappa shape index (κ2) is 6.90. The lowest BCUT2D eigenvalue weighted by Crippen LogP contribution is -2.53. The van der Waals surface area contributed by atoms with Crippen LogP contribution in [-0.4, -0.2) is 61.5 Å². The summed E-state index contributed by atoms with van der Waals surface area (Å²) in [5, 5.41) is 3.19. The third-order valence-corrected chi connectivity index (χ3v) is 5.34. The molecule has 0 spiro atoms. The van der Waals surface area contributed by atoms with Crippen LogP contribution < -0.4 is 5.32 Å². The summed E-state index contributed by atoms with van der Waals surface area (Å²) in [6.45, 7) is 7.74. The minimum atomic E-state index is 0.279. The van der Waals surface area contributed by atoms with Crippen LogP contribution in [0.1, 0.15) is 38.5 Å². The smallest absolute Gasteiger partial charge is 0.228 e. The van der Waals surface area contributed by atoms with Crippen LogP contribution in [0.2, 0.25) is 0 Å². The van der Waals surface area contributed by atoms with Crippen molar-refractivity contribution in [3.8, 4) is 0 Å². The first-order valence-electron chi connectivity index (χ1n) is 8.55. The Bertz CT molecular complexity index is 316. The Morgan fingerprint density at radius 2 is 1.75 bits per heavy atom. The van der Waals surface area contributed by atoms with Crippen molar-refractivity contribution in [2.24, 2.45) is 11.8 Å². The van der Waals surface area contributed by atoms with Crippen LogP contribution >= 0.6 is 0 Å². The normalized spacial score (nSPS) is 25.9. The molecule has 0 unspecified atom stereocenters. The Kier molecular flexibility index (Phi) is 4.94. The zero-order chi connectivity index (χ0) is 13.8. The minimum Gasteiger partial charge on any atom is -0.342 e. The summed E-state index contributed by atoms with van der Waals surface area (Å²) in [5.74, 6) is 1.54. The molecule has 3 aliphatic heterocycles. The van der Waals surface area contributed by atoms with Gasteiger partial charge in [-0.05, 0) is 64.1 Å². The fourth-order valence-electron chi connectivity index (χ4n) is 3.77. The minimum absolute atomic E-state index is 0.279. The van der Waals surface area contributed by atoms with E-state index in [1.165, 1.54) is 58.2 Å². The molecular weight excluding hydrogens is 250 g/mol. The van der Waals surface area contributed by atoms with Gasteiger partial charge in [-0.3, -0.25) is 4.79 Å². The van der Waals surface area contributed by atoms with Crippen molar-refractivity contribution >= 4 is 5.91 Å². The molecule has 0 radical (unpaired) electrons. The fraction of sp³-hybridized carbons (Fsp3) is 0.938. The van der Waals surface area contributed by atoms with E-state index < -0.39 is 0 Å². The van der Waals surface area contributed by atoms with E-state index in [9.17, 15) is 4.79 Å². The summed E-state index contributed by atoms with van der Waals surface area (Å²) < 4.78 is 0. The number of amides is 1. The molecule has 3 saturated heterocycles. The molecule has 4 heteroatoms. The monoisotopic (exact) mass is 279 g/mol. The predicted molar refractivity (Wildman–Crippen MR) is 80.6 cm³/mol. The molecular formula is C16H29N3O. The van der Waals surface area contributed by atoms with Crippen molar-refractivity contribution in [2.45, 2.75) is 38.5 Å². The Hall–Kier alpha value is -0.610. The lowest BCUT2D eigenvalue weighted by Gasteiger charge is -2.37. The molecule has 3 rings (SSSR count). The molecule has 3 heterocycles. The van der Waals surface area contributed by atoms with E-state index in [0.29, 0.717) is 5.91 Å². The van der Waals surface area contributed by atoms with Gasteiger partial charge < -0.3 is 15.1 Å². The van der Waals surface area contributed by atoms with E-state index in [-0.39, 0.29) is 5.92 Å². The highest BCUT2D eigenvalue weighted by Crippen LogP contribution is 2.24. The lowest BCUT2D eigenvalue weighted by molar-refractivity contribution is -0.138. The first-order chi connectivity index (χ1) is 9.83. The maximum Gasteiger partial charge on any atom is 0.228 e. The van der Waals surface area contributed by atoms with Crippen molar-refractivity contribution in [3.05, 3.63) is 0 Å². The maximum absolute atomic E-state index is 12.2. The van der Waals surface area contributed by atoms with Gasteiger partial charge in [0.05, 0.1) is 5.92 Å². The predicted octanol–water partition coefficient (Wildman–Crippen LogP) is 1.32. The Morgan fingerprint density at radius 1 is 1.05 bits per heavy atom. The summed E-state index contributed by atoms with van der Waals surface area (Å²) in [4.78, 5) is 16.9. The van der Waals surface area contributed by atoms with Gasteiger partial charge in [0.15, 0.2) is 0 Å². The van der Waals surface area contributed by atoms with Gasteiger partial charge >= 0.3 is 0 Å². The molecule has 4 nitrogen and oxygen atoms in total. The summed E-state index contributed by atoms with van der Waals surface area (Å²) in [6, 6.07) is 0. The number of carbonyl (C=O) groups excluding carboxylic acids is 1. The molecule has 114 valence electrons. The van der Waals surface area contributed by atoms with Crippen LogP contribution in [0.15, 0.2) is 0 Å². The summed E-state index contributed by atoms with van der Waals surface area (Å²) in [7, 11) is 0. The van der Waals surface area contributed by atoms with Crippen LogP contribution in [0.3, 0.4) is 0 Å². The topological polar surface area (TPSA) is 35.6 Å². The molecule has 3 aliphatic rings. The molecule has 0 atom stereocenters. The van der Waals surface area contributed by atoms with Gasteiger partial charge in [-0.2, -0.15) is 0 Å². The molecule has 0 aromatic heterocycles. The number of hydrogen-bond acceptors (Lipinski definition) is 3.